The van der Waals surface area contributed by atoms with Crippen molar-refractivity contribution < 1.29 is 29.0 Å². The van der Waals surface area contributed by atoms with E-state index in [-0.39, 0.29) is 45.8 Å². The van der Waals surface area contributed by atoms with Gasteiger partial charge in [-0.1, -0.05) is 11.2 Å². The maximum Gasteiger partial charge on any atom is 0.312 e. The van der Waals surface area contributed by atoms with Crippen LogP contribution in [0.4, 0.5) is 0 Å². The van der Waals surface area contributed by atoms with E-state index in [1.807, 2.05) is 0 Å². The normalized spacial score (nSPS) is 16.7. The van der Waals surface area contributed by atoms with Gasteiger partial charge in [0.05, 0.1) is 6.42 Å². The Morgan fingerprint density at radius 2 is 2.04 bits per heavy atom. The molecule has 1 aromatic carbocycles. The quantitative estimate of drug-likeness (QED) is 0.301. The highest BCUT2D eigenvalue weighted by atomic mass is 16.7. The molecule has 11 heteroatoms. The Bertz CT molecular complexity index is 837. The molecule has 0 bridgehead atoms. The third kappa shape index (κ3) is 4.26. The SMILES string of the molecule is [N-]=[N+]=NCCN1CCN(C(CC(=O)O)Cc2ccc3c(c2)OCO3)C(=O)C1=O. The van der Waals surface area contributed by atoms with Crippen LogP contribution in [0.15, 0.2) is 23.3 Å². The number of ether oxygens (including phenoxy) is 2. The second-order valence-corrected chi connectivity index (χ2v) is 6.39. The van der Waals surface area contributed by atoms with Gasteiger partial charge in [0.15, 0.2) is 11.5 Å². The monoisotopic (exact) mass is 389 g/mol. The number of amides is 2. The minimum Gasteiger partial charge on any atom is -0.481 e. The van der Waals surface area contributed by atoms with Gasteiger partial charge in [-0.2, -0.15) is 0 Å². The Hall–Kier alpha value is -3.46. The summed E-state index contributed by atoms with van der Waals surface area (Å²) in [7, 11) is 0. The molecule has 2 aliphatic rings. The summed E-state index contributed by atoms with van der Waals surface area (Å²) in [5.74, 6) is -1.35. The number of benzene rings is 1. The summed E-state index contributed by atoms with van der Waals surface area (Å²) in [6.07, 6.45) is -0.0210. The van der Waals surface area contributed by atoms with E-state index in [0.717, 1.165) is 5.56 Å². The van der Waals surface area contributed by atoms with E-state index in [1.165, 1.54) is 9.80 Å². The number of rotatable bonds is 8. The van der Waals surface area contributed by atoms with E-state index in [0.29, 0.717) is 11.5 Å². The standard InChI is InChI=1S/C17H19N5O6/c18-20-19-3-4-21-5-6-22(17(26)16(21)25)12(9-15(23)24)7-11-1-2-13-14(8-11)28-10-27-13/h1-2,8,12H,3-7,9-10H2,(H,23,24). The van der Waals surface area contributed by atoms with E-state index in [9.17, 15) is 19.5 Å². The molecule has 1 aromatic rings. The first-order valence-electron chi connectivity index (χ1n) is 8.70. The smallest absolute Gasteiger partial charge is 0.312 e. The molecule has 1 N–H and O–H groups in total. The molecule has 11 nitrogen and oxygen atoms in total. The molecule has 148 valence electrons. The number of hydrogen-bond donors (Lipinski definition) is 1. The molecule has 1 fully saturated rings. The van der Waals surface area contributed by atoms with Crippen molar-refractivity contribution in [1.82, 2.24) is 9.80 Å². The lowest BCUT2D eigenvalue weighted by Gasteiger charge is -2.38. The van der Waals surface area contributed by atoms with Gasteiger partial charge in [-0.25, -0.2) is 0 Å². The third-order valence-electron chi connectivity index (χ3n) is 4.63. The lowest BCUT2D eigenvalue weighted by atomic mass is 10.00. The first kappa shape index (κ1) is 19.3. The van der Waals surface area contributed by atoms with Crippen molar-refractivity contribution in [3.8, 4) is 11.5 Å². The highest BCUT2D eigenvalue weighted by Crippen LogP contribution is 2.33. The summed E-state index contributed by atoms with van der Waals surface area (Å²) in [6, 6.07) is 4.59. The summed E-state index contributed by atoms with van der Waals surface area (Å²) in [6.45, 7) is 0.813. The molecule has 0 spiro atoms. The van der Waals surface area contributed by atoms with E-state index in [1.54, 1.807) is 18.2 Å². The maximum absolute atomic E-state index is 12.6. The molecule has 2 aliphatic heterocycles. The van der Waals surface area contributed by atoms with Crippen LogP contribution in [0.5, 0.6) is 11.5 Å². The Morgan fingerprint density at radius 1 is 1.25 bits per heavy atom. The Labute approximate surface area is 160 Å². The number of aliphatic carboxylic acids is 1. The second-order valence-electron chi connectivity index (χ2n) is 6.39. The minimum atomic E-state index is -1.06. The third-order valence-corrected chi connectivity index (χ3v) is 4.63. The fourth-order valence-corrected chi connectivity index (χ4v) is 3.30. The van der Waals surface area contributed by atoms with Gasteiger partial charge in [0.2, 0.25) is 6.79 Å². The van der Waals surface area contributed by atoms with E-state index >= 15 is 0 Å². The summed E-state index contributed by atoms with van der Waals surface area (Å²) in [4.78, 5) is 41.5. The van der Waals surface area contributed by atoms with Crippen LogP contribution in [-0.2, 0) is 20.8 Å². The first-order valence-corrected chi connectivity index (χ1v) is 8.70. The van der Waals surface area contributed by atoms with Crippen molar-refractivity contribution >= 4 is 17.8 Å². The van der Waals surface area contributed by atoms with Crippen LogP contribution in [0.2, 0.25) is 0 Å². The Kier molecular flexibility index (Phi) is 5.85. The van der Waals surface area contributed by atoms with Gasteiger partial charge in [-0.3, -0.25) is 14.4 Å². The number of carbonyl (C=O) groups is 3. The van der Waals surface area contributed by atoms with Crippen LogP contribution in [0.25, 0.3) is 10.4 Å². The van der Waals surface area contributed by atoms with Crippen molar-refractivity contribution in [2.45, 2.75) is 18.9 Å². The fourth-order valence-electron chi connectivity index (χ4n) is 3.30. The molecular formula is C17H19N5O6. The van der Waals surface area contributed by atoms with Gasteiger partial charge in [0.25, 0.3) is 0 Å². The number of carboxylic acid groups (broad SMARTS) is 1. The highest BCUT2D eigenvalue weighted by molar-refractivity contribution is 6.35. The number of carbonyl (C=O) groups excluding carboxylic acids is 2. The maximum atomic E-state index is 12.6. The fraction of sp³-hybridized carbons (Fsp3) is 0.471. The highest BCUT2D eigenvalue weighted by Gasteiger charge is 2.37. The van der Waals surface area contributed by atoms with Crippen LogP contribution in [0, 0.1) is 0 Å². The van der Waals surface area contributed by atoms with Gasteiger partial charge >= 0.3 is 17.8 Å². The number of nitrogens with zero attached hydrogens (tertiary/aromatic N) is 5. The predicted molar refractivity (Wildman–Crippen MR) is 94.6 cm³/mol. The van der Waals surface area contributed by atoms with E-state index < -0.39 is 23.8 Å². The molecule has 3 rings (SSSR count). The molecule has 2 heterocycles. The molecule has 2 amide bonds. The summed E-state index contributed by atoms with van der Waals surface area (Å²) in [5, 5.41) is 12.6. The number of azide groups is 1. The number of fused-ring (bicyclic) bond motifs is 1. The van der Waals surface area contributed by atoms with Crippen LogP contribution in [0.3, 0.4) is 0 Å². The van der Waals surface area contributed by atoms with E-state index in [4.69, 9.17) is 15.0 Å². The van der Waals surface area contributed by atoms with Gasteiger partial charge in [0, 0.05) is 37.1 Å². The summed E-state index contributed by atoms with van der Waals surface area (Å²) in [5.41, 5.74) is 9.10. The molecule has 1 saturated heterocycles. The lowest BCUT2D eigenvalue weighted by Crippen LogP contribution is -2.58. The minimum absolute atomic E-state index is 0.0747. The van der Waals surface area contributed by atoms with Gasteiger partial charge in [-0.15, -0.1) is 0 Å². The molecule has 0 aliphatic carbocycles. The van der Waals surface area contributed by atoms with Crippen LogP contribution in [0.1, 0.15) is 12.0 Å². The van der Waals surface area contributed by atoms with Crippen LogP contribution < -0.4 is 9.47 Å². The zero-order valence-corrected chi connectivity index (χ0v) is 15.0. The predicted octanol–water partition coefficient (Wildman–Crippen LogP) is 0.782. The number of piperazine rings is 1. The van der Waals surface area contributed by atoms with Crippen LogP contribution >= 0.6 is 0 Å². The molecule has 28 heavy (non-hydrogen) atoms. The topological polar surface area (TPSA) is 145 Å². The molecular weight excluding hydrogens is 370 g/mol. The van der Waals surface area contributed by atoms with Gasteiger partial charge in [-0.05, 0) is 29.6 Å². The van der Waals surface area contributed by atoms with Crippen molar-refractivity contribution in [3.05, 3.63) is 34.2 Å². The zero-order valence-electron chi connectivity index (χ0n) is 15.0. The van der Waals surface area contributed by atoms with Crippen molar-refractivity contribution in [3.63, 3.8) is 0 Å². The van der Waals surface area contributed by atoms with Crippen LogP contribution in [-0.4, -0.2) is 71.7 Å². The zero-order chi connectivity index (χ0) is 20.1. The average Bonchev–Trinajstić information content (AvgIpc) is 3.12. The molecule has 1 atom stereocenters. The van der Waals surface area contributed by atoms with E-state index in [2.05, 4.69) is 10.0 Å². The largest absolute Gasteiger partial charge is 0.481 e. The van der Waals surface area contributed by atoms with Gasteiger partial charge in [0.1, 0.15) is 0 Å². The molecule has 1 unspecified atom stereocenters. The Morgan fingerprint density at radius 3 is 2.79 bits per heavy atom. The summed E-state index contributed by atoms with van der Waals surface area (Å²) >= 11 is 0. The molecule has 0 aromatic heterocycles. The summed E-state index contributed by atoms with van der Waals surface area (Å²) < 4.78 is 10.6. The van der Waals surface area contributed by atoms with Crippen molar-refractivity contribution in [1.29, 1.82) is 0 Å². The Balaban J connectivity index is 1.72. The first-order chi connectivity index (χ1) is 13.5. The molecule has 0 radical (unpaired) electrons. The second kappa shape index (κ2) is 8.49. The van der Waals surface area contributed by atoms with Crippen molar-refractivity contribution in [2.75, 3.05) is 33.0 Å². The molecule has 0 saturated carbocycles. The number of carboxylic acids is 1. The van der Waals surface area contributed by atoms with Gasteiger partial charge < -0.3 is 24.4 Å². The van der Waals surface area contributed by atoms with Crippen molar-refractivity contribution in [2.24, 2.45) is 5.11 Å². The lowest BCUT2D eigenvalue weighted by molar-refractivity contribution is -0.158. The average molecular weight is 389 g/mol. The number of hydrogen-bond acceptors (Lipinski definition) is 6.